The van der Waals surface area contributed by atoms with Gasteiger partial charge in [0.05, 0.1) is 0 Å². The summed E-state index contributed by atoms with van der Waals surface area (Å²) in [6, 6.07) is 7.74. The zero-order valence-electron chi connectivity index (χ0n) is 15.1. The largest absolute Gasteiger partial charge is 0.352 e. The van der Waals surface area contributed by atoms with Crippen LogP contribution in [0.2, 0.25) is 0 Å². The molecule has 1 atom stereocenters. The van der Waals surface area contributed by atoms with E-state index in [-0.39, 0.29) is 17.9 Å². The highest BCUT2D eigenvalue weighted by Crippen LogP contribution is 2.15. The molecule has 0 aliphatic rings. The van der Waals surface area contributed by atoms with Crippen molar-refractivity contribution < 1.29 is 9.59 Å². The first-order chi connectivity index (χ1) is 10.9. The minimum Gasteiger partial charge on any atom is -0.352 e. The number of carbonyl (C=O) groups excluding carboxylic acids is 2. The van der Waals surface area contributed by atoms with Gasteiger partial charge >= 0.3 is 0 Å². The molecule has 0 fully saturated rings. The number of aryl methyl sites for hydroxylation is 1. The molecule has 0 heterocycles. The molecule has 128 valence electrons. The summed E-state index contributed by atoms with van der Waals surface area (Å²) in [5.74, 6) is -0.0284. The Morgan fingerprint density at radius 2 is 1.91 bits per heavy atom. The maximum Gasteiger partial charge on any atom is 0.243 e. The fourth-order valence-corrected chi connectivity index (χ4v) is 2.66. The Morgan fingerprint density at radius 3 is 2.43 bits per heavy atom. The molecule has 1 aromatic rings. The Morgan fingerprint density at radius 1 is 1.22 bits per heavy atom. The first-order valence-corrected chi connectivity index (χ1v) is 8.54. The summed E-state index contributed by atoms with van der Waals surface area (Å²) in [5.41, 5.74) is 2.22. The van der Waals surface area contributed by atoms with Crippen LogP contribution in [-0.2, 0) is 16.1 Å². The molecule has 1 aromatic carbocycles. The van der Waals surface area contributed by atoms with E-state index in [1.807, 2.05) is 52.8 Å². The summed E-state index contributed by atoms with van der Waals surface area (Å²) >= 11 is 0. The number of benzene rings is 1. The van der Waals surface area contributed by atoms with Crippen LogP contribution < -0.4 is 5.32 Å². The van der Waals surface area contributed by atoms with Crippen molar-refractivity contribution in [3.63, 3.8) is 0 Å². The predicted molar refractivity (Wildman–Crippen MR) is 94.0 cm³/mol. The lowest BCUT2D eigenvalue weighted by Gasteiger charge is -2.31. The minimum atomic E-state index is -0.419. The Bertz CT molecular complexity index is 526. The molecule has 0 spiro atoms. The predicted octanol–water partition coefficient (Wildman–Crippen LogP) is 3.43. The molecule has 1 unspecified atom stereocenters. The van der Waals surface area contributed by atoms with Crippen LogP contribution in [0.4, 0.5) is 0 Å². The Labute approximate surface area is 140 Å². The average Bonchev–Trinajstić information content (AvgIpc) is 2.46. The molecule has 4 nitrogen and oxygen atoms in total. The van der Waals surface area contributed by atoms with Gasteiger partial charge in [-0.1, -0.05) is 43.7 Å². The monoisotopic (exact) mass is 318 g/mol. The van der Waals surface area contributed by atoms with Crippen LogP contribution in [0.15, 0.2) is 24.3 Å². The van der Waals surface area contributed by atoms with Crippen LogP contribution in [0.25, 0.3) is 0 Å². The molecule has 0 aliphatic heterocycles. The highest BCUT2D eigenvalue weighted by Gasteiger charge is 2.28. The molecular weight excluding hydrogens is 288 g/mol. The van der Waals surface area contributed by atoms with Crippen molar-refractivity contribution in [2.24, 2.45) is 0 Å². The van der Waals surface area contributed by atoms with Crippen LogP contribution in [0.1, 0.15) is 58.1 Å². The minimum absolute atomic E-state index is 0.0414. The van der Waals surface area contributed by atoms with E-state index < -0.39 is 6.04 Å². The third-order valence-corrected chi connectivity index (χ3v) is 3.72. The molecule has 0 aromatic heterocycles. The van der Waals surface area contributed by atoms with E-state index in [0.717, 1.165) is 17.5 Å². The lowest BCUT2D eigenvalue weighted by molar-refractivity contribution is -0.141. The molecular formula is C19H30N2O2. The summed E-state index contributed by atoms with van der Waals surface area (Å²) in [5, 5.41) is 2.94. The molecule has 1 N–H and O–H groups in total. The van der Waals surface area contributed by atoms with Gasteiger partial charge < -0.3 is 10.2 Å². The van der Waals surface area contributed by atoms with E-state index >= 15 is 0 Å². The maximum atomic E-state index is 12.6. The van der Waals surface area contributed by atoms with Crippen molar-refractivity contribution in [3.8, 4) is 0 Å². The van der Waals surface area contributed by atoms with Crippen molar-refractivity contribution >= 4 is 11.8 Å². The quantitative estimate of drug-likeness (QED) is 0.798. The molecule has 4 heteroatoms. The molecule has 2 amide bonds. The molecule has 1 rings (SSSR count). The molecule has 0 saturated heterocycles. The average molecular weight is 318 g/mol. The normalized spacial score (nSPS) is 12.1. The Hall–Kier alpha value is -1.84. The summed E-state index contributed by atoms with van der Waals surface area (Å²) in [6.07, 6.45) is 1.86. The van der Waals surface area contributed by atoms with Crippen LogP contribution in [0.5, 0.6) is 0 Å². The van der Waals surface area contributed by atoms with Crippen LogP contribution in [0.3, 0.4) is 0 Å². The van der Waals surface area contributed by atoms with Crippen LogP contribution in [-0.4, -0.2) is 28.8 Å². The number of nitrogens with zero attached hydrogens (tertiary/aromatic N) is 1. The highest BCUT2D eigenvalue weighted by molar-refractivity contribution is 5.87. The fraction of sp³-hybridized carbons (Fsp3) is 0.579. The zero-order valence-corrected chi connectivity index (χ0v) is 15.1. The first-order valence-electron chi connectivity index (χ1n) is 8.54. The summed E-state index contributed by atoms with van der Waals surface area (Å²) in [7, 11) is 0. The van der Waals surface area contributed by atoms with Gasteiger partial charge in [0.2, 0.25) is 11.8 Å². The van der Waals surface area contributed by atoms with Gasteiger partial charge in [0.25, 0.3) is 0 Å². The van der Waals surface area contributed by atoms with Gasteiger partial charge in [0, 0.05) is 19.0 Å². The van der Waals surface area contributed by atoms with Crippen molar-refractivity contribution in [1.29, 1.82) is 0 Å². The van der Waals surface area contributed by atoms with Crippen molar-refractivity contribution in [2.75, 3.05) is 0 Å². The molecule has 0 saturated carbocycles. The lowest BCUT2D eigenvalue weighted by atomic mass is 10.1. The van der Waals surface area contributed by atoms with Crippen molar-refractivity contribution in [3.05, 3.63) is 35.4 Å². The van der Waals surface area contributed by atoms with E-state index in [2.05, 4.69) is 11.4 Å². The number of nitrogens with one attached hydrogen (secondary N) is 1. The zero-order chi connectivity index (χ0) is 17.4. The Kier molecular flexibility index (Phi) is 7.79. The third kappa shape index (κ3) is 6.05. The van der Waals surface area contributed by atoms with Gasteiger partial charge in [0.1, 0.15) is 6.04 Å². The second-order valence-corrected chi connectivity index (χ2v) is 6.35. The van der Waals surface area contributed by atoms with E-state index in [9.17, 15) is 9.59 Å². The molecule has 0 aliphatic carbocycles. The number of amides is 2. The summed E-state index contributed by atoms with van der Waals surface area (Å²) in [4.78, 5) is 26.8. The van der Waals surface area contributed by atoms with Crippen molar-refractivity contribution in [1.82, 2.24) is 10.2 Å². The second-order valence-electron chi connectivity index (χ2n) is 6.35. The van der Waals surface area contributed by atoms with E-state index in [1.165, 1.54) is 0 Å². The van der Waals surface area contributed by atoms with Gasteiger partial charge in [0.15, 0.2) is 0 Å². The lowest BCUT2D eigenvalue weighted by Crippen LogP contribution is -2.50. The third-order valence-electron chi connectivity index (χ3n) is 3.72. The first kappa shape index (κ1) is 19.2. The molecule has 0 bridgehead atoms. The van der Waals surface area contributed by atoms with Crippen LogP contribution >= 0.6 is 0 Å². The standard InChI is InChI=1S/C19H30N2O2/c1-6-9-18(22)21(13-16-11-8-10-15(5)12-16)17(7-2)19(23)20-14(3)4/h8,10-12,14,17H,6-7,9,13H2,1-5H3,(H,20,23). The highest BCUT2D eigenvalue weighted by atomic mass is 16.2. The SMILES string of the molecule is CCCC(=O)N(Cc1cccc(C)c1)C(CC)C(=O)NC(C)C. The fourth-order valence-electron chi connectivity index (χ4n) is 2.66. The number of rotatable bonds is 8. The molecule has 23 heavy (non-hydrogen) atoms. The van der Waals surface area contributed by atoms with Gasteiger partial charge in [-0.15, -0.1) is 0 Å². The number of hydrogen-bond donors (Lipinski definition) is 1. The van der Waals surface area contributed by atoms with Gasteiger partial charge in [-0.3, -0.25) is 9.59 Å². The van der Waals surface area contributed by atoms with Gasteiger partial charge in [-0.2, -0.15) is 0 Å². The van der Waals surface area contributed by atoms with Crippen LogP contribution in [0, 0.1) is 6.92 Å². The van der Waals surface area contributed by atoms with E-state index in [1.54, 1.807) is 4.90 Å². The van der Waals surface area contributed by atoms with E-state index in [0.29, 0.717) is 19.4 Å². The molecule has 0 radical (unpaired) electrons. The second kappa shape index (κ2) is 9.33. The smallest absolute Gasteiger partial charge is 0.243 e. The Balaban J connectivity index is 3.02. The van der Waals surface area contributed by atoms with Crippen molar-refractivity contribution in [2.45, 2.75) is 72.5 Å². The maximum absolute atomic E-state index is 12.6. The summed E-state index contributed by atoms with van der Waals surface area (Å²) in [6.45, 7) is 10.3. The van der Waals surface area contributed by atoms with E-state index in [4.69, 9.17) is 0 Å². The van der Waals surface area contributed by atoms with Gasteiger partial charge in [-0.25, -0.2) is 0 Å². The number of hydrogen-bond acceptors (Lipinski definition) is 2. The summed E-state index contributed by atoms with van der Waals surface area (Å²) < 4.78 is 0. The van der Waals surface area contributed by atoms with Gasteiger partial charge in [-0.05, 0) is 39.2 Å². The number of carbonyl (C=O) groups is 2. The topological polar surface area (TPSA) is 49.4 Å².